The second-order valence-electron chi connectivity index (χ2n) is 9.78. The first-order chi connectivity index (χ1) is 19.5. The first-order valence-electron chi connectivity index (χ1n) is 12.7. The zero-order valence-corrected chi connectivity index (χ0v) is 22.2. The highest BCUT2D eigenvalue weighted by molar-refractivity contribution is 5.96. The van der Waals surface area contributed by atoms with Crippen molar-refractivity contribution in [1.29, 1.82) is 0 Å². The van der Waals surface area contributed by atoms with Crippen LogP contribution in [-0.4, -0.2) is 75.9 Å². The normalized spacial score (nSPS) is 15.6. The van der Waals surface area contributed by atoms with E-state index in [0.717, 1.165) is 29.9 Å². The lowest BCUT2D eigenvalue weighted by Crippen LogP contribution is -2.51. The zero-order valence-electron chi connectivity index (χ0n) is 22.2. The van der Waals surface area contributed by atoms with Gasteiger partial charge < -0.3 is 15.0 Å². The lowest BCUT2D eigenvalue weighted by molar-refractivity contribution is -0.274. The number of fused-ring (bicyclic) bond motifs is 1. The summed E-state index contributed by atoms with van der Waals surface area (Å²) in [5.41, 5.74) is 0.865. The second kappa shape index (κ2) is 11.3. The van der Waals surface area contributed by atoms with Crippen molar-refractivity contribution in [2.24, 2.45) is 0 Å². The molecule has 3 heterocycles. The Morgan fingerprint density at radius 3 is 2.49 bits per heavy atom. The number of nitrogens with one attached hydrogen (secondary N) is 1. The second-order valence-corrected chi connectivity index (χ2v) is 9.78. The van der Waals surface area contributed by atoms with E-state index in [4.69, 9.17) is 0 Å². The number of carbonyl (C=O) groups excluding carboxylic acids is 1. The van der Waals surface area contributed by atoms with Gasteiger partial charge >= 0.3 is 6.36 Å². The molecule has 1 aliphatic heterocycles. The van der Waals surface area contributed by atoms with Crippen molar-refractivity contribution in [2.75, 3.05) is 38.5 Å². The van der Waals surface area contributed by atoms with Crippen LogP contribution in [0.5, 0.6) is 5.75 Å². The van der Waals surface area contributed by atoms with E-state index in [1.807, 2.05) is 11.9 Å². The molecule has 13 heteroatoms. The maximum atomic E-state index is 13.6. The van der Waals surface area contributed by atoms with E-state index >= 15 is 0 Å². The molecule has 1 atom stereocenters. The van der Waals surface area contributed by atoms with Crippen LogP contribution in [0.25, 0.3) is 27.7 Å². The van der Waals surface area contributed by atoms with Crippen LogP contribution in [0.3, 0.4) is 0 Å². The summed E-state index contributed by atoms with van der Waals surface area (Å²) < 4.78 is 58.4. The van der Waals surface area contributed by atoms with Crippen LogP contribution in [0.15, 0.2) is 66.0 Å². The summed E-state index contributed by atoms with van der Waals surface area (Å²) in [6.07, 6.45) is -1.21. The van der Waals surface area contributed by atoms with Gasteiger partial charge in [0, 0.05) is 37.9 Å². The van der Waals surface area contributed by atoms with Gasteiger partial charge in [0.2, 0.25) is 5.91 Å². The molecule has 2 aromatic carbocycles. The molecule has 5 rings (SSSR count). The Bertz CT molecular complexity index is 1650. The number of carbonyl (C=O) groups is 1. The highest BCUT2D eigenvalue weighted by Crippen LogP contribution is 2.32. The van der Waals surface area contributed by atoms with Gasteiger partial charge in [-0.3, -0.25) is 24.0 Å². The fraction of sp³-hybridized carbons (Fsp3) is 0.286. The number of hydrogen-bond donors (Lipinski definition) is 1. The van der Waals surface area contributed by atoms with Crippen molar-refractivity contribution in [3.05, 3.63) is 77.4 Å². The molecular weight excluding hydrogens is 544 g/mol. The van der Waals surface area contributed by atoms with Crippen LogP contribution in [0.1, 0.15) is 6.92 Å². The maximum Gasteiger partial charge on any atom is 0.573 e. The summed E-state index contributed by atoms with van der Waals surface area (Å²) in [4.78, 5) is 38.6. The van der Waals surface area contributed by atoms with E-state index < -0.39 is 35.4 Å². The van der Waals surface area contributed by atoms with Crippen LogP contribution in [0.2, 0.25) is 0 Å². The summed E-state index contributed by atoms with van der Waals surface area (Å²) in [6, 6.07) is 9.00. The first kappa shape index (κ1) is 28.2. The Morgan fingerprint density at radius 1 is 1.02 bits per heavy atom. The number of aromatic nitrogens is 3. The van der Waals surface area contributed by atoms with Gasteiger partial charge in [0.1, 0.15) is 12.1 Å². The Hall–Kier alpha value is -4.36. The standard InChI is InChI=1S/C28H26F4N6O3/c1-17(37-9-7-36(2)8-10-37)26(39)35-24-13-21(4-6-25(24)41-28(30,31)32)38-16-34-23-12-18(3-5-22(23)27(38)40)19-11-20(29)15-33-14-19/h3-6,11-17H,7-10H2,1-2H3,(H,35,39). The monoisotopic (exact) mass is 570 g/mol. The quantitative estimate of drug-likeness (QED) is 0.350. The number of rotatable bonds is 6. The predicted molar refractivity (Wildman–Crippen MR) is 144 cm³/mol. The number of piperazine rings is 1. The molecule has 2 aromatic heterocycles. The van der Waals surface area contributed by atoms with Crippen molar-refractivity contribution < 1.29 is 27.1 Å². The van der Waals surface area contributed by atoms with E-state index in [1.165, 1.54) is 36.8 Å². The number of hydrogen-bond acceptors (Lipinski definition) is 7. The summed E-state index contributed by atoms with van der Waals surface area (Å²) in [5.74, 6) is -1.64. The lowest BCUT2D eigenvalue weighted by Gasteiger charge is -2.35. The molecule has 0 aliphatic carbocycles. The fourth-order valence-electron chi connectivity index (χ4n) is 4.65. The van der Waals surface area contributed by atoms with Gasteiger partial charge in [-0.2, -0.15) is 0 Å². The molecule has 0 radical (unpaired) electrons. The topological polar surface area (TPSA) is 92.6 Å². The fourth-order valence-corrected chi connectivity index (χ4v) is 4.65. The van der Waals surface area contributed by atoms with Crippen LogP contribution < -0.4 is 15.6 Å². The first-order valence-corrected chi connectivity index (χ1v) is 12.7. The van der Waals surface area contributed by atoms with Gasteiger partial charge in [-0.1, -0.05) is 6.07 Å². The van der Waals surface area contributed by atoms with E-state index in [2.05, 4.69) is 24.9 Å². The van der Waals surface area contributed by atoms with Crippen molar-refractivity contribution in [2.45, 2.75) is 19.3 Å². The molecule has 0 saturated carbocycles. The van der Waals surface area contributed by atoms with E-state index in [1.54, 1.807) is 19.1 Å². The Balaban J connectivity index is 1.48. The Morgan fingerprint density at radius 2 is 1.78 bits per heavy atom. The van der Waals surface area contributed by atoms with Gasteiger partial charge in [0.25, 0.3) is 5.56 Å². The third-order valence-electron chi connectivity index (χ3n) is 6.99. The number of pyridine rings is 1. The number of alkyl halides is 3. The SMILES string of the molecule is CC(C(=O)Nc1cc(-n2cnc3cc(-c4cncc(F)c4)ccc3c2=O)ccc1OC(F)(F)F)N1CCN(C)CC1. The van der Waals surface area contributed by atoms with Crippen molar-refractivity contribution in [1.82, 2.24) is 24.3 Å². The lowest BCUT2D eigenvalue weighted by atomic mass is 10.1. The molecule has 1 amide bonds. The van der Waals surface area contributed by atoms with E-state index in [0.29, 0.717) is 29.7 Å². The molecule has 1 saturated heterocycles. The number of anilines is 1. The summed E-state index contributed by atoms with van der Waals surface area (Å²) in [5, 5.41) is 2.77. The minimum atomic E-state index is -5.00. The van der Waals surface area contributed by atoms with E-state index in [-0.39, 0.29) is 16.8 Å². The van der Waals surface area contributed by atoms with Gasteiger partial charge in [0.15, 0.2) is 5.75 Å². The van der Waals surface area contributed by atoms with Crippen molar-refractivity contribution in [3.8, 4) is 22.6 Å². The molecular formula is C28H26F4N6O3. The molecule has 214 valence electrons. The smallest absolute Gasteiger partial charge is 0.404 e. The van der Waals surface area contributed by atoms with Crippen molar-refractivity contribution >= 4 is 22.5 Å². The van der Waals surface area contributed by atoms with Crippen LogP contribution in [0, 0.1) is 5.82 Å². The number of benzene rings is 2. The third kappa shape index (κ3) is 6.36. The van der Waals surface area contributed by atoms with Gasteiger partial charge in [-0.25, -0.2) is 9.37 Å². The molecule has 4 aromatic rings. The summed E-state index contributed by atoms with van der Waals surface area (Å²) in [6.45, 7) is 4.46. The average molecular weight is 571 g/mol. The molecule has 9 nitrogen and oxygen atoms in total. The number of likely N-dealkylation sites (N-methyl/N-ethyl adjacent to an activating group) is 1. The summed E-state index contributed by atoms with van der Waals surface area (Å²) >= 11 is 0. The number of amides is 1. The highest BCUT2D eigenvalue weighted by atomic mass is 19.4. The largest absolute Gasteiger partial charge is 0.573 e. The van der Waals surface area contributed by atoms with Crippen LogP contribution >= 0.6 is 0 Å². The predicted octanol–water partition coefficient (Wildman–Crippen LogP) is 4.06. The molecule has 1 N–H and O–H groups in total. The maximum absolute atomic E-state index is 13.6. The average Bonchev–Trinajstić information content (AvgIpc) is 2.93. The van der Waals surface area contributed by atoms with Gasteiger partial charge in [0.05, 0.1) is 34.5 Å². The highest BCUT2D eigenvalue weighted by Gasteiger charge is 2.33. The molecule has 0 spiro atoms. The van der Waals surface area contributed by atoms with Gasteiger partial charge in [-0.05, 0) is 55.9 Å². The Labute approximate surface area is 232 Å². The summed E-state index contributed by atoms with van der Waals surface area (Å²) in [7, 11) is 1.97. The van der Waals surface area contributed by atoms with Gasteiger partial charge in [-0.15, -0.1) is 13.2 Å². The Kier molecular flexibility index (Phi) is 7.74. The molecule has 1 aliphatic rings. The molecule has 1 fully saturated rings. The minimum Gasteiger partial charge on any atom is -0.404 e. The van der Waals surface area contributed by atoms with Crippen LogP contribution in [0.4, 0.5) is 23.2 Å². The molecule has 1 unspecified atom stereocenters. The number of halogens is 4. The zero-order chi connectivity index (χ0) is 29.3. The third-order valence-corrected chi connectivity index (χ3v) is 6.99. The molecule has 41 heavy (non-hydrogen) atoms. The minimum absolute atomic E-state index is 0.167. The van der Waals surface area contributed by atoms with E-state index in [9.17, 15) is 27.2 Å². The molecule has 0 bridgehead atoms. The van der Waals surface area contributed by atoms with Crippen LogP contribution in [-0.2, 0) is 4.79 Å². The number of nitrogens with zero attached hydrogens (tertiary/aromatic N) is 5. The van der Waals surface area contributed by atoms with Crippen molar-refractivity contribution in [3.63, 3.8) is 0 Å². The number of ether oxygens (including phenoxy) is 1.